The van der Waals surface area contributed by atoms with Crippen molar-refractivity contribution in [2.24, 2.45) is 0 Å². The Hall–Kier alpha value is -3.93. The van der Waals surface area contributed by atoms with Crippen LogP contribution in [0.5, 0.6) is 0 Å². The van der Waals surface area contributed by atoms with E-state index in [4.69, 9.17) is 24.7 Å². The van der Waals surface area contributed by atoms with Gasteiger partial charge in [-0.05, 0) is 68.5 Å². The molecule has 0 bridgehead atoms. The Balaban J connectivity index is 1.33. The zero-order chi connectivity index (χ0) is 32.0. The van der Waals surface area contributed by atoms with Crippen molar-refractivity contribution in [3.05, 3.63) is 65.2 Å². The maximum absolute atomic E-state index is 12.6. The van der Waals surface area contributed by atoms with Crippen LogP contribution in [0.15, 0.2) is 48.4 Å². The third-order valence-electron chi connectivity index (χ3n) is 6.64. The minimum atomic E-state index is -0.529. The number of anilines is 1. The molecule has 0 unspecified atom stereocenters. The minimum Gasteiger partial charge on any atom is -0.512 e. The Bertz CT molecular complexity index is 1300. The van der Waals surface area contributed by atoms with Crippen LogP contribution in [0, 0.1) is 0 Å². The molecule has 44 heavy (non-hydrogen) atoms. The molecular formula is C33H46N4O7. The zero-order valence-electron chi connectivity index (χ0n) is 26.2. The fourth-order valence-electron chi connectivity index (χ4n) is 4.61. The highest BCUT2D eigenvalue weighted by Gasteiger charge is 2.18. The van der Waals surface area contributed by atoms with Crippen molar-refractivity contribution in [3.63, 3.8) is 0 Å². The number of hydrogen-bond acceptors (Lipinski definition) is 9. The van der Waals surface area contributed by atoms with Gasteiger partial charge < -0.3 is 40.4 Å². The van der Waals surface area contributed by atoms with Crippen molar-refractivity contribution in [2.75, 3.05) is 58.5 Å². The van der Waals surface area contributed by atoms with E-state index < -0.39 is 11.7 Å². The number of nitrogens with zero attached hydrogens (tertiary/aromatic N) is 1. The lowest BCUT2D eigenvalue weighted by Crippen LogP contribution is -2.34. The Kier molecular flexibility index (Phi) is 13.7. The van der Waals surface area contributed by atoms with Crippen LogP contribution in [0.25, 0.3) is 16.7 Å². The van der Waals surface area contributed by atoms with Crippen LogP contribution in [0.4, 0.5) is 10.5 Å². The third kappa shape index (κ3) is 11.3. The first-order valence-corrected chi connectivity index (χ1v) is 15.0. The van der Waals surface area contributed by atoms with Gasteiger partial charge in [-0.25, -0.2) is 4.79 Å². The number of aliphatic hydroxyl groups excluding tert-OH is 1. The second-order valence-corrected chi connectivity index (χ2v) is 11.2. The molecule has 1 aromatic carbocycles. The third-order valence-corrected chi connectivity index (χ3v) is 6.64. The summed E-state index contributed by atoms with van der Waals surface area (Å²) in [6, 6.07) is 7.50. The SMILES string of the molecule is CCc1c(-c2ccc(C(=O)NCCOCCOCCOCCNC(=O)OC(C)(C)C)nc2)ccc(N)c1C1=CC=C(O)CC1. The number of rotatable bonds is 16. The monoisotopic (exact) mass is 610 g/mol. The number of nitrogens with one attached hydrogen (secondary N) is 2. The maximum Gasteiger partial charge on any atom is 0.407 e. The number of allylic oxidation sites excluding steroid dienone is 4. The topological polar surface area (TPSA) is 154 Å². The van der Waals surface area contributed by atoms with Gasteiger partial charge in [0.2, 0.25) is 0 Å². The molecule has 1 heterocycles. The number of pyridine rings is 1. The number of benzene rings is 1. The molecular weight excluding hydrogens is 564 g/mol. The van der Waals surface area contributed by atoms with E-state index in [-0.39, 0.29) is 5.91 Å². The lowest BCUT2D eigenvalue weighted by Gasteiger charge is -2.20. The molecule has 0 saturated heterocycles. The van der Waals surface area contributed by atoms with Gasteiger partial charge >= 0.3 is 6.09 Å². The van der Waals surface area contributed by atoms with Crippen LogP contribution in [-0.4, -0.2) is 80.4 Å². The van der Waals surface area contributed by atoms with Gasteiger partial charge in [0.15, 0.2) is 0 Å². The average Bonchev–Trinajstić information content (AvgIpc) is 2.99. The van der Waals surface area contributed by atoms with Gasteiger partial charge in [-0.15, -0.1) is 0 Å². The molecule has 2 aromatic rings. The molecule has 1 aliphatic rings. The number of alkyl carbamates (subject to hydrolysis) is 1. The van der Waals surface area contributed by atoms with E-state index in [0.29, 0.717) is 76.3 Å². The standard InChI is InChI=1S/C33H46N4O7/c1-5-26-27(11-12-28(34)30(26)23-6-9-25(38)10-7-23)24-8-13-29(37-22-24)31(39)35-14-16-41-18-20-43-21-19-42-17-15-36-32(40)44-33(2,3)4/h6,8-9,11-13,22,38H,5,7,10,14-21,34H2,1-4H3,(H,35,39)(H,36,40). The summed E-state index contributed by atoms with van der Waals surface area (Å²) in [7, 11) is 0. The lowest BCUT2D eigenvalue weighted by atomic mass is 9.86. The van der Waals surface area contributed by atoms with Crippen molar-refractivity contribution >= 4 is 23.3 Å². The van der Waals surface area contributed by atoms with Gasteiger partial charge in [0.25, 0.3) is 5.91 Å². The second kappa shape index (κ2) is 17.4. The predicted octanol–water partition coefficient (Wildman–Crippen LogP) is 4.82. The fraction of sp³-hybridized carbons (Fsp3) is 0.485. The van der Waals surface area contributed by atoms with E-state index in [1.54, 1.807) is 39.1 Å². The summed E-state index contributed by atoms with van der Waals surface area (Å²) < 4.78 is 21.5. The smallest absolute Gasteiger partial charge is 0.407 e. The molecule has 0 fully saturated rings. The number of amides is 2. The normalized spacial score (nSPS) is 13.2. The van der Waals surface area contributed by atoms with E-state index in [1.165, 1.54) is 0 Å². The van der Waals surface area contributed by atoms with Crippen LogP contribution >= 0.6 is 0 Å². The summed E-state index contributed by atoms with van der Waals surface area (Å²) in [4.78, 5) is 28.5. The van der Waals surface area contributed by atoms with Crippen LogP contribution < -0.4 is 16.4 Å². The number of nitrogens with two attached hydrogens (primary N) is 1. The van der Waals surface area contributed by atoms with Gasteiger partial charge in [0, 0.05) is 42.5 Å². The second-order valence-electron chi connectivity index (χ2n) is 11.2. The highest BCUT2D eigenvalue weighted by Crippen LogP contribution is 2.37. The summed E-state index contributed by atoms with van der Waals surface area (Å²) in [6.45, 7) is 10.5. The minimum absolute atomic E-state index is 0.276. The Morgan fingerprint density at radius 3 is 2.14 bits per heavy atom. The Labute approximate surface area is 259 Å². The highest BCUT2D eigenvalue weighted by atomic mass is 16.6. The largest absolute Gasteiger partial charge is 0.512 e. The van der Waals surface area contributed by atoms with Crippen molar-refractivity contribution < 1.29 is 33.6 Å². The molecule has 11 heteroatoms. The molecule has 0 aliphatic heterocycles. The quantitative estimate of drug-likeness (QED) is 0.155. The molecule has 1 aliphatic carbocycles. The number of aliphatic hydroxyl groups is 1. The number of hydrogen-bond donors (Lipinski definition) is 4. The highest BCUT2D eigenvalue weighted by molar-refractivity contribution is 5.93. The molecule has 0 atom stereocenters. The summed E-state index contributed by atoms with van der Waals surface area (Å²) >= 11 is 0. The molecule has 1 aromatic heterocycles. The number of carbonyl (C=O) groups excluding carboxylic acids is 2. The zero-order valence-corrected chi connectivity index (χ0v) is 26.2. The first kappa shape index (κ1) is 34.6. The van der Waals surface area contributed by atoms with E-state index in [2.05, 4.69) is 22.5 Å². The number of carbonyl (C=O) groups is 2. The fourth-order valence-corrected chi connectivity index (χ4v) is 4.61. The number of aromatic nitrogens is 1. The molecule has 3 rings (SSSR count). The summed E-state index contributed by atoms with van der Waals surface area (Å²) in [6.07, 6.45) is 7.00. The van der Waals surface area contributed by atoms with Gasteiger partial charge in [-0.2, -0.15) is 0 Å². The average molecular weight is 611 g/mol. The molecule has 2 amide bonds. The molecule has 5 N–H and O–H groups in total. The maximum atomic E-state index is 12.6. The van der Waals surface area contributed by atoms with Crippen LogP contribution in [-0.2, 0) is 25.4 Å². The lowest BCUT2D eigenvalue weighted by molar-refractivity contribution is 0.0145. The van der Waals surface area contributed by atoms with Crippen LogP contribution in [0.3, 0.4) is 0 Å². The van der Waals surface area contributed by atoms with Crippen molar-refractivity contribution in [1.82, 2.24) is 15.6 Å². The molecule has 0 spiro atoms. The summed E-state index contributed by atoms with van der Waals surface area (Å²) in [5.74, 6) is 0.101. The summed E-state index contributed by atoms with van der Waals surface area (Å²) in [5.41, 5.74) is 12.0. The van der Waals surface area contributed by atoms with E-state index in [9.17, 15) is 14.7 Å². The number of ether oxygens (including phenoxy) is 4. The van der Waals surface area contributed by atoms with Gasteiger partial charge in [0.05, 0.1) is 45.4 Å². The van der Waals surface area contributed by atoms with Crippen LogP contribution in [0.2, 0.25) is 0 Å². The predicted molar refractivity (Wildman–Crippen MR) is 170 cm³/mol. The van der Waals surface area contributed by atoms with Gasteiger partial charge in [0.1, 0.15) is 11.3 Å². The van der Waals surface area contributed by atoms with Gasteiger partial charge in [-0.1, -0.05) is 25.1 Å². The first-order valence-electron chi connectivity index (χ1n) is 15.0. The molecule has 240 valence electrons. The van der Waals surface area contributed by atoms with Crippen molar-refractivity contribution in [3.8, 4) is 11.1 Å². The van der Waals surface area contributed by atoms with Crippen molar-refractivity contribution in [2.45, 2.75) is 52.6 Å². The Morgan fingerprint density at radius 1 is 0.909 bits per heavy atom. The number of nitrogen functional groups attached to an aromatic ring is 1. The first-order chi connectivity index (χ1) is 21.1. The molecule has 0 radical (unpaired) electrons. The summed E-state index contributed by atoms with van der Waals surface area (Å²) in [5, 5.41) is 15.2. The molecule has 0 saturated carbocycles. The van der Waals surface area contributed by atoms with E-state index in [0.717, 1.165) is 40.7 Å². The van der Waals surface area contributed by atoms with E-state index >= 15 is 0 Å². The molecule has 11 nitrogen and oxygen atoms in total. The van der Waals surface area contributed by atoms with Crippen molar-refractivity contribution in [1.29, 1.82) is 0 Å². The Morgan fingerprint density at radius 2 is 1.57 bits per heavy atom. The van der Waals surface area contributed by atoms with Crippen LogP contribution in [0.1, 0.15) is 62.2 Å². The van der Waals surface area contributed by atoms with E-state index in [1.807, 2.05) is 24.3 Å². The van der Waals surface area contributed by atoms with Gasteiger partial charge in [-0.3, -0.25) is 9.78 Å².